The summed E-state index contributed by atoms with van der Waals surface area (Å²) >= 11 is 0. The Balaban J connectivity index is 2.09. The van der Waals surface area contributed by atoms with Crippen molar-refractivity contribution in [2.75, 3.05) is 19.6 Å². The van der Waals surface area contributed by atoms with Crippen LogP contribution >= 0.6 is 0 Å². The van der Waals surface area contributed by atoms with Crippen molar-refractivity contribution < 1.29 is 4.79 Å². The quantitative estimate of drug-likeness (QED) is 0.837. The van der Waals surface area contributed by atoms with E-state index in [0.29, 0.717) is 11.3 Å². The third-order valence-electron chi connectivity index (χ3n) is 4.52. The molecule has 2 heterocycles. The van der Waals surface area contributed by atoms with Crippen molar-refractivity contribution in [1.82, 2.24) is 10.2 Å². The third-order valence-corrected chi connectivity index (χ3v) is 4.52. The Labute approximate surface area is 111 Å². The van der Waals surface area contributed by atoms with Gasteiger partial charge in [0.15, 0.2) is 0 Å². The Hall–Kier alpha value is -0.570. The zero-order chi connectivity index (χ0) is 13.2. The lowest BCUT2D eigenvalue weighted by atomic mass is 9.82. The number of amides is 1. The number of piperidine rings is 1. The van der Waals surface area contributed by atoms with Crippen molar-refractivity contribution >= 4 is 5.91 Å². The molecule has 0 bridgehead atoms. The molecule has 0 aromatic heterocycles. The summed E-state index contributed by atoms with van der Waals surface area (Å²) in [6.45, 7) is 9.62. The highest BCUT2D eigenvalue weighted by molar-refractivity contribution is 5.87. The minimum atomic E-state index is -0.234. The molecule has 1 unspecified atom stereocenters. The van der Waals surface area contributed by atoms with Crippen LogP contribution in [0.4, 0.5) is 0 Å². The van der Waals surface area contributed by atoms with E-state index >= 15 is 0 Å². The summed E-state index contributed by atoms with van der Waals surface area (Å²) in [7, 11) is 0. The van der Waals surface area contributed by atoms with Crippen molar-refractivity contribution in [3.05, 3.63) is 0 Å². The Morgan fingerprint density at radius 3 is 2.61 bits per heavy atom. The van der Waals surface area contributed by atoms with Gasteiger partial charge in [-0.2, -0.15) is 0 Å². The van der Waals surface area contributed by atoms with Crippen LogP contribution in [0.5, 0.6) is 0 Å². The lowest BCUT2D eigenvalue weighted by molar-refractivity contribution is -0.141. The SMILES string of the molecule is CCCC1(C(=O)N2CCCC(C)(C)C2)CCCN1. The molecular formula is C15H28N2O. The number of carbonyl (C=O) groups is 1. The highest BCUT2D eigenvalue weighted by atomic mass is 16.2. The Bertz CT molecular complexity index is 306. The smallest absolute Gasteiger partial charge is 0.242 e. The van der Waals surface area contributed by atoms with Gasteiger partial charge in [-0.3, -0.25) is 4.79 Å². The van der Waals surface area contributed by atoms with Gasteiger partial charge in [-0.15, -0.1) is 0 Å². The number of nitrogens with one attached hydrogen (secondary N) is 1. The van der Waals surface area contributed by atoms with Crippen LogP contribution in [0.15, 0.2) is 0 Å². The molecule has 0 radical (unpaired) electrons. The zero-order valence-corrected chi connectivity index (χ0v) is 12.2. The lowest BCUT2D eigenvalue weighted by Gasteiger charge is -2.42. The van der Waals surface area contributed by atoms with E-state index in [1.54, 1.807) is 0 Å². The highest BCUT2D eigenvalue weighted by Gasteiger charge is 2.44. The predicted molar refractivity (Wildman–Crippen MR) is 74.5 cm³/mol. The van der Waals surface area contributed by atoms with Crippen LogP contribution in [0.1, 0.15) is 59.3 Å². The first-order valence-corrected chi connectivity index (χ1v) is 7.54. The van der Waals surface area contributed by atoms with Crippen LogP contribution in [0.25, 0.3) is 0 Å². The molecule has 2 aliphatic heterocycles. The maximum Gasteiger partial charge on any atom is 0.242 e. The van der Waals surface area contributed by atoms with Gasteiger partial charge in [-0.05, 0) is 44.1 Å². The van der Waals surface area contributed by atoms with E-state index in [-0.39, 0.29) is 5.54 Å². The van der Waals surface area contributed by atoms with E-state index in [1.807, 2.05) is 0 Å². The van der Waals surface area contributed by atoms with Crippen LogP contribution in [-0.2, 0) is 4.79 Å². The van der Waals surface area contributed by atoms with Crippen LogP contribution in [-0.4, -0.2) is 36.0 Å². The lowest BCUT2D eigenvalue weighted by Crippen LogP contribution is -2.57. The molecule has 0 aromatic carbocycles. The minimum absolute atomic E-state index is 0.234. The first-order valence-electron chi connectivity index (χ1n) is 7.54. The molecule has 1 N–H and O–H groups in total. The zero-order valence-electron chi connectivity index (χ0n) is 12.2. The van der Waals surface area contributed by atoms with E-state index in [1.165, 1.54) is 6.42 Å². The van der Waals surface area contributed by atoms with Gasteiger partial charge in [0.05, 0.1) is 5.54 Å². The van der Waals surface area contributed by atoms with Crippen molar-refractivity contribution in [1.29, 1.82) is 0 Å². The fourth-order valence-electron chi connectivity index (χ4n) is 3.64. The monoisotopic (exact) mass is 252 g/mol. The van der Waals surface area contributed by atoms with Crippen molar-refractivity contribution in [2.45, 2.75) is 64.8 Å². The molecule has 18 heavy (non-hydrogen) atoms. The van der Waals surface area contributed by atoms with Crippen LogP contribution in [0.2, 0.25) is 0 Å². The summed E-state index contributed by atoms with van der Waals surface area (Å²) in [5, 5.41) is 3.50. The van der Waals surface area contributed by atoms with Gasteiger partial charge in [0.25, 0.3) is 0 Å². The maximum atomic E-state index is 12.9. The van der Waals surface area contributed by atoms with Gasteiger partial charge in [-0.1, -0.05) is 27.2 Å². The Morgan fingerprint density at radius 1 is 1.28 bits per heavy atom. The second-order valence-corrected chi connectivity index (χ2v) is 6.86. The average molecular weight is 252 g/mol. The van der Waals surface area contributed by atoms with Gasteiger partial charge in [-0.25, -0.2) is 0 Å². The van der Waals surface area contributed by atoms with Gasteiger partial charge in [0, 0.05) is 13.1 Å². The molecule has 0 spiro atoms. The molecule has 0 aliphatic carbocycles. The minimum Gasteiger partial charge on any atom is -0.341 e. The van der Waals surface area contributed by atoms with E-state index in [2.05, 4.69) is 31.0 Å². The number of likely N-dealkylation sites (tertiary alicyclic amines) is 1. The maximum absolute atomic E-state index is 12.9. The van der Waals surface area contributed by atoms with Gasteiger partial charge in [0.1, 0.15) is 0 Å². The fraction of sp³-hybridized carbons (Fsp3) is 0.933. The van der Waals surface area contributed by atoms with Crippen LogP contribution < -0.4 is 5.32 Å². The summed E-state index contributed by atoms with van der Waals surface area (Å²) in [5.41, 5.74) is 0.0576. The van der Waals surface area contributed by atoms with Crippen molar-refractivity contribution in [3.63, 3.8) is 0 Å². The number of hydrogen-bond donors (Lipinski definition) is 1. The topological polar surface area (TPSA) is 32.3 Å². The summed E-state index contributed by atoms with van der Waals surface area (Å²) in [5.74, 6) is 0.370. The summed E-state index contributed by atoms with van der Waals surface area (Å²) in [6.07, 6.45) is 6.63. The summed E-state index contributed by atoms with van der Waals surface area (Å²) < 4.78 is 0. The average Bonchev–Trinajstić information content (AvgIpc) is 2.77. The Morgan fingerprint density at radius 2 is 2.06 bits per heavy atom. The molecule has 1 atom stereocenters. The molecule has 0 saturated carbocycles. The summed E-state index contributed by atoms with van der Waals surface area (Å²) in [6, 6.07) is 0. The van der Waals surface area contributed by atoms with Crippen molar-refractivity contribution in [3.8, 4) is 0 Å². The van der Waals surface area contributed by atoms with Crippen molar-refractivity contribution in [2.24, 2.45) is 5.41 Å². The molecule has 1 amide bonds. The standard InChI is InChI=1S/C15H28N2O/c1-4-7-15(9-5-10-16-15)13(18)17-11-6-8-14(2,3)12-17/h16H,4-12H2,1-3H3. The van der Waals surface area contributed by atoms with E-state index in [0.717, 1.165) is 51.7 Å². The number of carbonyl (C=O) groups excluding carboxylic acids is 1. The molecule has 2 aliphatic rings. The first-order chi connectivity index (χ1) is 8.49. The van der Waals surface area contributed by atoms with E-state index < -0.39 is 0 Å². The number of nitrogens with zero attached hydrogens (tertiary/aromatic N) is 1. The van der Waals surface area contributed by atoms with Crippen LogP contribution in [0.3, 0.4) is 0 Å². The second-order valence-electron chi connectivity index (χ2n) is 6.86. The second kappa shape index (κ2) is 5.20. The molecule has 2 rings (SSSR count). The van der Waals surface area contributed by atoms with Gasteiger partial charge < -0.3 is 10.2 Å². The van der Waals surface area contributed by atoms with Crippen LogP contribution in [0, 0.1) is 5.41 Å². The third kappa shape index (κ3) is 2.71. The van der Waals surface area contributed by atoms with E-state index in [9.17, 15) is 4.79 Å². The normalized spacial score (nSPS) is 31.6. The fourth-order valence-corrected chi connectivity index (χ4v) is 3.64. The number of hydrogen-bond acceptors (Lipinski definition) is 2. The molecule has 0 aromatic rings. The molecule has 3 nitrogen and oxygen atoms in total. The molecule has 3 heteroatoms. The predicted octanol–water partition coefficient (Wildman–Crippen LogP) is 2.56. The molecular weight excluding hydrogens is 224 g/mol. The number of rotatable bonds is 3. The molecule has 104 valence electrons. The van der Waals surface area contributed by atoms with Gasteiger partial charge >= 0.3 is 0 Å². The largest absolute Gasteiger partial charge is 0.341 e. The molecule has 2 saturated heterocycles. The molecule has 2 fully saturated rings. The highest BCUT2D eigenvalue weighted by Crippen LogP contribution is 2.33. The first kappa shape index (κ1) is 13.9. The van der Waals surface area contributed by atoms with Gasteiger partial charge in [0.2, 0.25) is 5.91 Å². The summed E-state index contributed by atoms with van der Waals surface area (Å²) in [4.78, 5) is 15.0. The Kier molecular flexibility index (Phi) is 4.00. The van der Waals surface area contributed by atoms with E-state index in [4.69, 9.17) is 0 Å².